The van der Waals surface area contributed by atoms with Crippen LogP contribution in [0.2, 0.25) is 0 Å². The van der Waals surface area contributed by atoms with Gasteiger partial charge in [-0.05, 0) is 22.8 Å². The van der Waals surface area contributed by atoms with Crippen molar-refractivity contribution in [1.29, 1.82) is 0 Å². The van der Waals surface area contributed by atoms with Crippen LogP contribution in [0.4, 0.5) is 5.69 Å². The molecule has 3 aromatic carbocycles. The summed E-state index contributed by atoms with van der Waals surface area (Å²) >= 11 is -5.15. The van der Waals surface area contributed by atoms with Crippen LogP contribution in [0.15, 0.2) is 78.9 Å². The molecule has 32 heavy (non-hydrogen) atoms. The predicted octanol–water partition coefficient (Wildman–Crippen LogP) is 2.36. The summed E-state index contributed by atoms with van der Waals surface area (Å²) in [7, 11) is 0. The molecule has 166 valence electrons. The molecule has 0 aliphatic heterocycles. The van der Waals surface area contributed by atoms with Crippen LogP contribution < -0.4 is 9.67 Å². The number of aromatic hydroxyl groups is 1. The van der Waals surface area contributed by atoms with Gasteiger partial charge >= 0.3 is 94.1 Å². The first-order valence-corrected chi connectivity index (χ1v) is 12.7. The minimum atomic E-state index is -5.15. The fourth-order valence-corrected chi connectivity index (χ4v) is 4.06. The van der Waals surface area contributed by atoms with Crippen LogP contribution in [0.1, 0.15) is 12.5 Å². The van der Waals surface area contributed by atoms with Crippen molar-refractivity contribution in [3.63, 3.8) is 0 Å². The van der Waals surface area contributed by atoms with E-state index in [1.165, 1.54) is 19.1 Å². The molecule has 3 aromatic rings. The summed E-state index contributed by atoms with van der Waals surface area (Å²) in [4.78, 5) is 21.1. The molecular formula is C23H22AsNO7. The molecule has 0 unspecified atom stereocenters. The summed E-state index contributed by atoms with van der Waals surface area (Å²) in [6.45, 7) is 1.23. The predicted molar refractivity (Wildman–Crippen MR) is 121 cm³/mol. The van der Waals surface area contributed by atoms with Gasteiger partial charge in [-0.25, -0.2) is 4.79 Å². The smallest absolute Gasteiger partial charge is 0.328 e. The largest absolute Gasteiger partial charge is 0.478 e. The van der Waals surface area contributed by atoms with Crippen LogP contribution in [-0.2, 0) is 13.3 Å². The van der Waals surface area contributed by atoms with Gasteiger partial charge in [0.05, 0.1) is 0 Å². The van der Waals surface area contributed by atoms with Gasteiger partial charge in [0, 0.05) is 6.08 Å². The number of anilines is 1. The van der Waals surface area contributed by atoms with Crippen LogP contribution in [0, 0.1) is 0 Å². The minimum absolute atomic E-state index is 0.00951. The maximum Gasteiger partial charge on any atom is 0.328 e. The Kier molecular flexibility index (Phi) is 8.61. The minimum Gasteiger partial charge on any atom is -0.478 e. The van der Waals surface area contributed by atoms with Gasteiger partial charge in [0.1, 0.15) is 0 Å². The number of amides is 1. The quantitative estimate of drug-likeness (QED) is 0.206. The van der Waals surface area contributed by atoms with Crippen molar-refractivity contribution in [2.75, 3.05) is 5.32 Å². The van der Waals surface area contributed by atoms with Crippen molar-refractivity contribution in [3.05, 3.63) is 84.4 Å². The number of carboxylic acids is 1. The molecule has 0 aliphatic rings. The molecule has 0 radical (unpaired) electrons. The summed E-state index contributed by atoms with van der Waals surface area (Å²) in [5, 5.41) is 20.3. The number of carbonyl (C=O) groups is 2. The SMILES string of the molecule is CC(=O)Nc1cccc([As](=O)(O)O)c1O.O=C(O)C=Cc1ccc(-c2ccccc2)cc1. The summed E-state index contributed by atoms with van der Waals surface area (Å²) in [5.41, 5.74) is 3.15. The van der Waals surface area contributed by atoms with Gasteiger partial charge in [-0.1, -0.05) is 54.6 Å². The Bertz CT molecular complexity index is 1150. The zero-order chi connectivity index (χ0) is 23.7. The van der Waals surface area contributed by atoms with Crippen LogP contribution in [0.25, 0.3) is 17.2 Å². The molecule has 0 spiro atoms. The van der Waals surface area contributed by atoms with Crippen molar-refractivity contribution >= 4 is 42.2 Å². The van der Waals surface area contributed by atoms with E-state index in [4.69, 9.17) is 13.3 Å². The van der Waals surface area contributed by atoms with E-state index >= 15 is 0 Å². The molecule has 0 saturated carbocycles. The molecule has 1 amide bonds. The Morgan fingerprint density at radius 3 is 2.00 bits per heavy atom. The number of rotatable bonds is 5. The van der Waals surface area contributed by atoms with Crippen LogP contribution in [0.5, 0.6) is 5.75 Å². The van der Waals surface area contributed by atoms with Gasteiger partial charge in [-0.15, -0.1) is 0 Å². The Morgan fingerprint density at radius 2 is 1.47 bits per heavy atom. The Labute approximate surface area is 187 Å². The van der Waals surface area contributed by atoms with Gasteiger partial charge in [0.15, 0.2) is 0 Å². The topological polar surface area (TPSA) is 144 Å². The third kappa shape index (κ3) is 7.59. The summed E-state index contributed by atoms with van der Waals surface area (Å²) in [5.74, 6) is -1.95. The number of aliphatic carboxylic acids is 1. The molecule has 0 aromatic heterocycles. The fourth-order valence-electron chi connectivity index (χ4n) is 2.64. The van der Waals surface area contributed by atoms with Gasteiger partial charge in [-0.2, -0.15) is 0 Å². The van der Waals surface area contributed by atoms with E-state index in [0.29, 0.717) is 0 Å². The average molecular weight is 499 g/mol. The van der Waals surface area contributed by atoms with Gasteiger partial charge in [0.2, 0.25) is 0 Å². The van der Waals surface area contributed by atoms with Crippen LogP contribution in [-0.4, -0.2) is 44.5 Å². The van der Waals surface area contributed by atoms with E-state index in [2.05, 4.69) is 5.32 Å². The Hall–Kier alpha value is -3.58. The summed E-state index contributed by atoms with van der Waals surface area (Å²) < 4.78 is 28.4. The molecular weight excluding hydrogens is 477 g/mol. The number of para-hydroxylation sites is 1. The van der Waals surface area contributed by atoms with Crippen molar-refractivity contribution in [1.82, 2.24) is 0 Å². The van der Waals surface area contributed by atoms with Gasteiger partial charge in [0.25, 0.3) is 0 Å². The van der Waals surface area contributed by atoms with E-state index in [0.717, 1.165) is 28.8 Å². The second-order valence-corrected chi connectivity index (χ2v) is 9.85. The maximum atomic E-state index is 11.0. The van der Waals surface area contributed by atoms with E-state index in [1.807, 2.05) is 54.6 Å². The first-order valence-electron chi connectivity index (χ1n) is 9.30. The van der Waals surface area contributed by atoms with Crippen molar-refractivity contribution in [2.45, 2.75) is 6.92 Å². The summed E-state index contributed by atoms with van der Waals surface area (Å²) in [6.07, 6.45) is 2.72. The number of carbonyl (C=O) groups excluding carboxylic acids is 1. The maximum absolute atomic E-state index is 11.0. The molecule has 0 aliphatic carbocycles. The van der Waals surface area contributed by atoms with Gasteiger partial charge in [-0.3, -0.25) is 0 Å². The van der Waals surface area contributed by atoms with Crippen molar-refractivity contribution < 1.29 is 31.7 Å². The third-order valence-electron chi connectivity index (χ3n) is 4.08. The molecule has 0 atom stereocenters. The van der Waals surface area contributed by atoms with E-state index in [-0.39, 0.29) is 5.69 Å². The average Bonchev–Trinajstić information content (AvgIpc) is 2.74. The first-order chi connectivity index (χ1) is 15.1. The number of phenolic OH excluding ortho intramolecular Hbond substituents is 1. The Balaban J connectivity index is 0.000000229. The molecule has 9 heteroatoms. The molecule has 5 N–H and O–H groups in total. The number of carboxylic acid groups (broad SMARTS) is 1. The number of hydrogen-bond acceptors (Lipinski definition) is 4. The third-order valence-corrected chi connectivity index (χ3v) is 6.15. The standard InChI is InChI=1S/C15H12O2.C8H10AsNO5/c16-15(17)11-8-12-6-9-14(10-7-12)13-4-2-1-3-5-13;1-5(11)10-7-4-2-3-6(8(7)12)9(13,14)15/h1-11H,(H,16,17);2-4,12H,1H3,(H,10,11)(H2,13,14,15). The van der Waals surface area contributed by atoms with Crippen molar-refractivity contribution in [3.8, 4) is 16.9 Å². The van der Waals surface area contributed by atoms with Crippen LogP contribution >= 0.6 is 0 Å². The fraction of sp³-hybridized carbons (Fsp3) is 0.0435. The van der Waals surface area contributed by atoms with Gasteiger partial charge < -0.3 is 5.11 Å². The zero-order valence-corrected chi connectivity index (χ0v) is 18.9. The molecule has 0 fully saturated rings. The normalized spacial score (nSPS) is 10.8. The molecule has 0 saturated heterocycles. The monoisotopic (exact) mass is 499 g/mol. The van der Waals surface area contributed by atoms with E-state index < -0.39 is 36.1 Å². The molecule has 0 heterocycles. The first kappa shape index (κ1) is 24.7. The second-order valence-electron chi connectivity index (χ2n) is 6.56. The molecule has 8 nitrogen and oxygen atoms in total. The van der Waals surface area contributed by atoms with E-state index in [1.54, 1.807) is 6.08 Å². The molecule has 0 bridgehead atoms. The Morgan fingerprint density at radius 1 is 0.875 bits per heavy atom. The molecule has 3 rings (SSSR count). The number of hydrogen-bond donors (Lipinski definition) is 5. The number of benzene rings is 3. The number of nitrogens with one attached hydrogen (secondary N) is 1. The van der Waals surface area contributed by atoms with Crippen LogP contribution in [0.3, 0.4) is 0 Å². The second kappa shape index (κ2) is 11.2. The summed E-state index contributed by atoms with van der Waals surface area (Å²) in [6, 6.07) is 21.7. The van der Waals surface area contributed by atoms with Crippen molar-refractivity contribution in [2.24, 2.45) is 0 Å². The zero-order valence-electron chi connectivity index (χ0n) is 17.0. The number of phenols is 1. The van der Waals surface area contributed by atoms with E-state index in [9.17, 15) is 18.4 Å².